The van der Waals surface area contributed by atoms with E-state index in [0.717, 1.165) is 49.6 Å². The molecule has 0 saturated carbocycles. The van der Waals surface area contributed by atoms with E-state index in [4.69, 9.17) is 10.5 Å². The topological polar surface area (TPSA) is 51.4 Å². The molecule has 1 aromatic rings. The molecule has 2 heterocycles. The van der Waals surface area contributed by atoms with Gasteiger partial charge in [-0.3, -0.25) is 0 Å². The summed E-state index contributed by atoms with van der Waals surface area (Å²) in [6.45, 7) is 6.83. The second kappa shape index (κ2) is 5.36. The second-order valence-electron chi connectivity index (χ2n) is 4.51. The van der Waals surface area contributed by atoms with Gasteiger partial charge in [-0.1, -0.05) is 0 Å². The average molecular weight is 235 g/mol. The summed E-state index contributed by atoms with van der Waals surface area (Å²) in [5, 5.41) is 0. The van der Waals surface area contributed by atoms with Crippen LogP contribution < -0.4 is 10.6 Å². The van der Waals surface area contributed by atoms with Gasteiger partial charge in [0.05, 0.1) is 11.8 Å². The zero-order chi connectivity index (χ0) is 12.3. The fourth-order valence-corrected chi connectivity index (χ4v) is 2.28. The van der Waals surface area contributed by atoms with Gasteiger partial charge in [-0.25, -0.2) is 4.98 Å². The summed E-state index contributed by atoms with van der Waals surface area (Å²) < 4.78 is 5.64. The number of nitrogens with zero attached hydrogens (tertiary/aromatic N) is 2. The lowest BCUT2D eigenvalue weighted by Crippen LogP contribution is -2.38. The van der Waals surface area contributed by atoms with E-state index in [1.165, 1.54) is 0 Å². The Hall–Kier alpha value is -1.29. The predicted molar refractivity (Wildman–Crippen MR) is 70.2 cm³/mol. The number of hydrogen-bond donors (Lipinski definition) is 1. The van der Waals surface area contributed by atoms with E-state index >= 15 is 0 Å². The fourth-order valence-electron chi connectivity index (χ4n) is 2.28. The summed E-state index contributed by atoms with van der Waals surface area (Å²) in [6.07, 6.45) is 4.35. The lowest BCUT2D eigenvalue weighted by molar-refractivity contribution is 0.0458. The summed E-state index contributed by atoms with van der Waals surface area (Å²) in [5.41, 5.74) is 7.98. The number of rotatable bonds is 3. The van der Waals surface area contributed by atoms with Crippen LogP contribution in [0.3, 0.4) is 0 Å². The Morgan fingerprint density at radius 2 is 2.18 bits per heavy atom. The third kappa shape index (κ3) is 2.69. The molecule has 2 rings (SSSR count). The molecular formula is C13H21N3O. The minimum absolute atomic E-state index is 0.405. The molecule has 1 fully saturated rings. The third-order valence-corrected chi connectivity index (χ3v) is 3.33. The molecule has 0 aromatic carbocycles. The lowest BCUT2D eigenvalue weighted by atomic mass is 10.1. The minimum Gasteiger partial charge on any atom is -0.396 e. The van der Waals surface area contributed by atoms with Gasteiger partial charge in [0.15, 0.2) is 5.82 Å². The zero-order valence-corrected chi connectivity index (χ0v) is 10.6. The zero-order valence-electron chi connectivity index (χ0n) is 10.6. The van der Waals surface area contributed by atoms with Crippen molar-refractivity contribution in [3.05, 3.63) is 17.8 Å². The molecular weight excluding hydrogens is 214 g/mol. The van der Waals surface area contributed by atoms with Crippen LogP contribution in [0, 0.1) is 6.92 Å². The molecule has 0 bridgehead atoms. The van der Waals surface area contributed by atoms with Gasteiger partial charge in [-0.15, -0.1) is 0 Å². The molecule has 1 saturated heterocycles. The number of pyridine rings is 1. The molecule has 0 atom stereocenters. The summed E-state index contributed by atoms with van der Waals surface area (Å²) in [4.78, 5) is 6.66. The quantitative estimate of drug-likeness (QED) is 0.870. The Bertz CT molecular complexity index is 373. The number of nitrogen functional groups attached to an aromatic ring is 1. The van der Waals surface area contributed by atoms with E-state index in [-0.39, 0.29) is 0 Å². The molecule has 4 heteroatoms. The van der Waals surface area contributed by atoms with Crippen molar-refractivity contribution in [1.82, 2.24) is 4.98 Å². The van der Waals surface area contributed by atoms with Crippen LogP contribution in [-0.2, 0) is 4.74 Å². The van der Waals surface area contributed by atoms with Gasteiger partial charge in [-0.2, -0.15) is 0 Å². The predicted octanol–water partition coefficient (Wildman–Crippen LogP) is 1.98. The Labute approximate surface area is 103 Å². The van der Waals surface area contributed by atoms with Crippen molar-refractivity contribution in [2.24, 2.45) is 0 Å². The van der Waals surface area contributed by atoms with Crippen LogP contribution in [0.4, 0.5) is 11.5 Å². The van der Waals surface area contributed by atoms with E-state index in [0.29, 0.717) is 6.10 Å². The Kier molecular flexibility index (Phi) is 3.84. The molecule has 1 aliphatic rings. The molecule has 17 heavy (non-hydrogen) atoms. The highest BCUT2D eigenvalue weighted by atomic mass is 16.5. The van der Waals surface area contributed by atoms with Gasteiger partial charge >= 0.3 is 0 Å². The SMILES string of the molecule is CCOC1CCN(c2nccc(C)c2N)CC1. The van der Waals surface area contributed by atoms with Gasteiger partial charge in [0.1, 0.15) is 0 Å². The maximum Gasteiger partial charge on any atom is 0.152 e. The summed E-state index contributed by atoms with van der Waals surface area (Å²) in [7, 11) is 0. The molecule has 2 N–H and O–H groups in total. The van der Waals surface area contributed by atoms with E-state index in [1.807, 2.05) is 26.1 Å². The Balaban J connectivity index is 2.03. The van der Waals surface area contributed by atoms with E-state index in [2.05, 4.69) is 9.88 Å². The van der Waals surface area contributed by atoms with Crippen molar-refractivity contribution in [1.29, 1.82) is 0 Å². The number of nitrogens with two attached hydrogens (primary N) is 1. The van der Waals surface area contributed by atoms with Gasteiger partial charge in [-0.05, 0) is 38.3 Å². The molecule has 0 amide bonds. The van der Waals surface area contributed by atoms with Crippen molar-refractivity contribution < 1.29 is 4.74 Å². The van der Waals surface area contributed by atoms with E-state index in [1.54, 1.807) is 0 Å². The molecule has 0 spiro atoms. The van der Waals surface area contributed by atoms with Crippen LogP contribution in [-0.4, -0.2) is 30.8 Å². The number of ether oxygens (including phenoxy) is 1. The number of anilines is 2. The lowest BCUT2D eigenvalue weighted by Gasteiger charge is -2.33. The standard InChI is InChI=1S/C13H21N3O/c1-3-17-11-5-8-16(9-6-11)13-12(14)10(2)4-7-15-13/h4,7,11H,3,5-6,8-9,14H2,1-2H3. The first-order chi connectivity index (χ1) is 8.22. The first-order valence-corrected chi connectivity index (χ1v) is 6.30. The highest BCUT2D eigenvalue weighted by Crippen LogP contribution is 2.26. The molecule has 0 unspecified atom stereocenters. The molecule has 4 nitrogen and oxygen atoms in total. The van der Waals surface area contributed by atoms with Crippen molar-refractivity contribution in [3.63, 3.8) is 0 Å². The largest absolute Gasteiger partial charge is 0.396 e. The van der Waals surface area contributed by atoms with Crippen LogP contribution in [0.5, 0.6) is 0 Å². The van der Waals surface area contributed by atoms with Crippen LogP contribution in [0.15, 0.2) is 12.3 Å². The number of hydrogen-bond acceptors (Lipinski definition) is 4. The van der Waals surface area contributed by atoms with Crippen molar-refractivity contribution in [3.8, 4) is 0 Å². The van der Waals surface area contributed by atoms with E-state index in [9.17, 15) is 0 Å². The Morgan fingerprint density at radius 3 is 2.82 bits per heavy atom. The molecule has 0 aliphatic carbocycles. The van der Waals surface area contributed by atoms with Crippen molar-refractivity contribution >= 4 is 11.5 Å². The van der Waals surface area contributed by atoms with Crippen molar-refractivity contribution in [2.75, 3.05) is 30.3 Å². The van der Waals surface area contributed by atoms with Gasteiger partial charge in [0.2, 0.25) is 0 Å². The number of aromatic nitrogens is 1. The first-order valence-electron chi connectivity index (χ1n) is 6.30. The van der Waals surface area contributed by atoms with Gasteiger partial charge in [0.25, 0.3) is 0 Å². The number of piperidine rings is 1. The van der Waals surface area contributed by atoms with Crippen LogP contribution in [0.2, 0.25) is 0 Å². The first kappa shape index (κ1) is 12.2. The summed E-state index contributed by atoms with van der Waals surface area (Å²) in [6, 6.07) is 1.95. The van der Waals surface area contributed by atoms with Gasteiger partial charge in [0, 0.05) is 25.9 Å². The smallest absolute Gasteiger partial charge is 0.152 e. The molecule has 1 aromatic heterocycles. The molecule has 94 valence electrons. The summed E-state index contributed by atoms with van der Waals surface area (Å²) in [5.74, 6) is 0.931. The van der Waals surface area contributed by atoms with Crippen molar-refractivity contribution in [2.45, 2.75) is 32.8 Å². The molecule has 1 aliphatic heterocycles. The number of aryl methyl sites for hydroxylation is 1. The fraction of sp³-hybridized carbons (Fsp3) is 0.615. The van der Waals surface area contributed by atoms with Crippen LogP contribution in [0.25, 0.3) is 0 Å². The van der Waals surface area contributed by atoms with Gasteiger partial charge < -0.3 is 15.4 Å². The Morgan fingerprint density at radius 1 is 1.47 bits per heavy atom. The highest BCUT2D eigenvalue weighted by molar-refractivity contribution is 5.66. The monoisotopic (exact) mass is 235 g/mol. The van der Waals surface area contributed by atoms with Crippen LogP contribution in [0.1, 0.15) is 25.3 Å². The van der Waals surface area contributed by atoms with E-state index < -0.39 is 0 Å². The summed E-state index contributed by atoms with van der Waals surface area (Å²) >= 11 is 0. The second-order valence-corrected chi connectivity index (χ2v) is 4.51. The molecule has 0 radical (unpaired) electrons. The maximum absolute atomic E-state index is 6.07. The normalized spacial score (nSPS) is 17.4. The minimum atomic E-state index is 0.405. The maximum atomic E-state index is 6.07. The highest BCUT2D eigenvalue weighted by Gasteiger charge is 2.21. The van der Waals surface area contributed by atoms with Crippen LogP contribution >= 0.6 is 0 Å². The third-order valence-electron chi connectivity index (χ3n) is 3.33. The average Bonchev–Trinajstić information content (AvgIpc) is 2.34.